The molecule has 3 rings (SSSR count). The van der Waals surface area contributed by atoms with Crippen LogP contribution in [0.3, 0.4) is 0 Å². The molecule has 0 fully saturated rings. The molecule has 29 heavy (non-hydrogen) atoms. The maximum absolute atomic E-state index is 12.4. The van der Waals surface area contributed by atoms with E-state index < -0.39 is 0 Å². The molecule has 5 nitrogen and oxygen atoms in total. The number of benzene rings is 2. The third-order valence-corrected chi connectivity index (χ3v) is 4.31. The van der Waals surface area contributed by atoms with Crippen LogP contribution in [0.25, 0.3) is 0 Å². The fraction of sp³-hybridized carbons (Fsp3) is 0.250. The minimum Gasteiger partial charge on any atom is -0.457 e. The number of nitrogen functional groups attached to an aromatic ring is 1. The monoisotopic (exact) mass is 389 g/mol. The van der Waals surface area contributed by atoms with Gasteiger partial charge in [-0.3, -0.25) is 4.79 Å². The minimum atomic E-state index is -0.293. The van der Waals surface area contributed by atoms with E-state index in [1.54, 1.807) is 24.3 Å². The molecule has 150 valence electrons. The number of nitrogens with two attached hydrogens (primary N) is 1. The van der Waals surface area contributed by atoms with Gasteiger partial charge >= 0.3 is 0 Å². The quantitative estimate of drug-likeness (QED) is 0.595. The van der Waals surface area contributed by atoms with Crippen LogP contribution >= 0.6 is 0 Å². The molecule has 1 amide bonds. The molecule has 1 heterocycles. The Morgan fingerprint density at radius 1 is 0.966 bits per heavy atom. The molecule has 0 unspecified atom stereocenters. The lowest BCUT2D eigenvalue weighted by atomic mass is 9.88. The molecule has 3 aromatic rings. The second kappa shape index (κ2) is 8.35. The fourth-order valence-electron chi connectivity index (χ4n) is 3.00. The highest BCUT2D eigenvalue weighted by Gasteiger charge is 2.12. The summed E-state index contributed by atoms with van der Waals surface area (Å²) in [5.74, 6) is 1.40. The number of nitrogens with zero attached hydrogens (tertiary/aromatic N) is 1. The van der Waals surface area contributed by atoms with Gasteiger partial charge in [-0.25, -0.2) is 4.98 Å². The molecule has 0 saturated heterocycles. The SMILES string of the molecule is Cc1ccc(C(=O)Nc2ccc(Oc3ccc(CC(C)(C)C)cc3)cc2)c(N)n1. The average Bonchev–Trinajstić information content (AvgIpc) is 2.63. The smallest absolute Gasteiger partial charge is 0.259 e. The molecule has 3 N–H and O–H groups in total. The van der Waals surface area contributed by atoms with Gasteiger partial charge in [-0.05, 0) is 72.9 Å². The highest BCUT2D eigenvalue weighted by molar-refractivity contribution is 6.07. The Labute approximate surface area is 171 Å². The van der Waals surface area contributed by atoms with Gasteiger partial charge < -0.3 is 15.8 Å². The van der Waals surface area contributed by atoms with Gasteiger partial charge in [-0.2, -0.15) is 0 Å². The van der Waals surface area contributed by atoms with E-state index in [1.165, 1.54) is 5.56 Å². The molecule has 1 aromatic heterocycles. The Hall–Kier alpha value is -3.34. The number of nitrogens with one attached hydrogen (secondary N) is 1. The molecule has 0 aliphatic carbocycles. The minimum absolute atomic E-state index is 0.220. The van der Waals surface area contributed by atoms with E-state index in [0.717, 1.165) is 17.9 Å². The zero-order valence-electron chi connectivity index (χ0n) is 17.3. The van der Waals surface area contributed by atoms with Gasteiger partial charge in [0, 0.05) is 11.4 Å². The first-order chi connectivity index (χ1) is 13.7. The van der Waals surface area contributed by atoms with Crippen molar-refractivity contribution < 1.29 is 9.53 Å². The van der Waals surface area contributed by atoms with Gasteiger partial charge in [0.15, 0.2) is 0 Å². The topological polar surface area (TPSA) is 77.2 Å². The average molecular weight is 389 g/mol. The normalized spacial score (nSPS) is 11.2. The summed E-state index contributed by atoms with van der Waals surface area (Å²) in [5, 5.41) is 2.82. The highest BCUT2D eigenvalue weighted by atomic mass is 16.5. The second-order valence-electron chi connectivity index (χ2n) is 8.35. The molecule has 0 saturated carbocycles. The van der Waals surface area contributed by atoms with Crippen LogP contribution < -0.4 is 15.8 Å². The van der Waals surface area contributed by atoms with Gasteiger partial charge in [0.05, 0.1) is 5.56 Å². The second-order valence-corrected chi connectivity index (χ2v) is 8.35. The Kier molecular flexibility index (Phi) is 5.87. The Balaban J connectivity index is 1.62. The zero-order chi connectivity index (χ0) is 21.0. The van der Waals surface area contributed by atoms with Crippen molar-refractivity contribution in [3.05, 3.63) is 77.5 Å². The largest absolute Gasteiger partial charge is 0.457 e. The van der Waals surface area contributed by atoms with Crippen LogP contribution in [-0.4, -0.2) is 10.9 Å². The van der Waals surface area contributed by atoms with Crippen LogP contribution in [0.15, 0.2) is 60.7 Å². The lowest BCUT2D eigenvalue weighted by Gasteiger charge is -2.18. The lowest BCUT2D eigenvalue weighted by molar-refractivity contribution is 0.102. The fourth-order valence-corrected chi connectivity index (χ4v) is 3.00. The van der Waals surface area contributed by atoms with E-state index in [2.05, 4.69) is 43.2 Å². The van der Waals surface area contributed by atoms with Crippen LogP contribution in [0.1, 0.15) is 42.4 Å². The van der Waals surface area contributed by atoms with Crippen LogP contribution in [0.5, 0.6) is 11.5 Å². The number of rotatable bonds is 5. The number of hydrogen-bond donors (Lipinski definition) is 2. The molecular formula is C24H27N3O2. The summed E-state index contributed by atoms with van der Waals surface area (Å²) in [4.78, 5) is 16.5. The summed E-state index contributed by atoms with van der Waals surface area (Å²) >= 11 is 0. The zero-order valence-corrected chi connectivity index (χ0v) is 17.3. The summed E-state index contributed by atoms with van der Waals surface area (Å²) in [6, 6.07) is 18.8. The Morgan fingerprint density at radius 2 is 1.55 bits per heavy atom. The van der Waals surface area contributed by atoms with Gasteiger partial charge in [-0.1, -0.05) is 32.9 Å². The number of aryl methyl sites for hydroxylation is 1. The summed E-state index contributed by atoms with van der Waals surface area (Å²) in [6.45, 7) is 8.50. The Morgan fingerprint density at radius 3 is 2.10 bits per heavy atom. The number of carbonyl (C=O) groups is 1. The van der Waals surface area contributed by atoms with E-state index in [0.29, 0.717) is 17.0 Å². The maximum Gasteiger partial charge on any atom is 0.259 e. The number of amides is 1. The molecule has 5 heteroatoms. The first kappa shape index (κ1) is 20.4. The third-order valence-electron chi connectivity index (χ3n) is 4.31. The highest BCUT2D eigenvalue weighted by Crippen LogP contribution is 2.26. The van der Waals surface area contributed by atoms with Crippen molar-refractivity contribution in [2.24, 2.45) is 5.41 Å². The van der Waals surface area contributed by atoms with E-state index in [9.17, 15) is 4.79 Å². The van der Waals surface area contributed by atoms with Crippen molar-refractivity contribution in [2.45, 2.75) is 34.1 Å². The number of aromatic nitrogens is 1. The number of anilines is 2. The van der Waals surface area contributed by atoms with Crippen LogP contribution in [-0.2, 0) is 6.42 Å². The lowest BCUT2D eigenvalue weighted by Crippen LogP contribution is -2.15. The molecule has 0 spiro atoms. The molecule has 0 radical (unpaired) electrons. The van der Waals surface area contributed by atoms with Crippen molar-refractivity contribution in [3.8, 4) is 11.5 Å². The molecular weight excluding hydrogens is 362 g/mol. The van der Waals surface area contributed by atoms with Crippen molar-refractivity contribution in [1.29, 1.82) is 0 Å². The standard InChI is InChI=1S/C24H27N3O2/c1-16-5-14-21(22(25)26-16)23(28)27-18-8-12-20(13-9-18)29-19-10-6-17(7-11-19)15-24(2,3)4/h5-14H,15H2,1-4H3,(H2,25,26)(H,27,28). The summed E-state index contributed by atoms with van der Waals surface area (Å²) < 4.78 is 5.90. The van der Waals surface area contributed by atoms with Crippen LogP contribution in [0.4, 0.5) is 11.5 Å². The van der Waals surface area contributed by atoms with Crippen LogP contribution in [0.2, 0.25) is 0 Å². The number of carbonyl (C=O) groups excluding carboxylic acids is 1. The molecule has 0 aliphatic heterocycles. The van der Waals surface area contributed by atoms with Gasteiger partial charge in [0.1, 0.15) is 17.3 Å². The maximum atomic E-state index is 12.4. The van der Waals surface area contributed by atoms with Crippen molar-refractivity contribution in [1.82, 2.24) is 4.98 Å². The predicted molar refractivity (Wildman–Crippen MR) is 117 cm³/mol. The van der Waals surface area contributed by atoms with E-state index in [4.69, 9.17) is 10.5 Å². The number of pyridine rings is 1. The summed E-state index contributed by atoms with van der Waals surface area (Å²) in [6.07, 6.45) is 1.02. The summed E-state index contributed by atoms with van der Waals surface area (Å²) in [5.41, 5.74) is 9.15. The van der Waals surface area contributed by atoms with Crippen LogP contribution in [0, 0.1) is 12.3 Å². The number of ether oxygens (including phenoxy) is 1. The molecule has 0 atom stereocenters. The van der Waals surface area contributed by atoms with E-state index >= 15 is 0 Å². The predicted octanol–water partition coefficient (Wildman–Crippen LogP) is 5.61. The first-order valence-corrected chi connectivity index (χ1v) is 9.61. The van der Waals surface area contributed by atoms with E-state index in [1.807, 2.05) is 31.2 Å². The van der Waals surface area contributed by atoms with Crippen molar-refractivity contribution in [2.75, 3.05) is 11.1 Å². The van der Waals surface area contributed by atoms with Gasteiger partial charge in [0.25, 0.3) is 5.91 Å². The van der Waals surface area contributed by atoms with Gasteiger partial charge in [0.2, 0.25) is 0 Å². The third kappa shape index (κ3) is 5.82. The molecule has 2 aromatic carbocycles. The summed E-state index contributed by atoms with van der Waals surface area (Å²) in [7, 11) is 0. The number of hydrogen-bond acceptors (Lipinski definition) is 4. The van der Waals surface area contributed by atoms with E-state index in [-0.39, 0.29) is 17.1 Å². The van der Waals surface area contributed by atoms with Gasteiger partial charge in [-0.15, -0.1) is 0 Å². The molecule has 0 bridgehead atoms. The Bertz CT molecular complexity index is 988. The van der Waals surface area contributed by atoms with Crippen molar-refractivity contribution in [3.63, 3.8) is 0 Å². The first-order valence-electron chi connectivity index (χ1n) is 9.61. The molecule has 0 aliphatic rings. The van der Waals surface area contributed by atoms with Crippen molar-refractivity contribution >= 4 is 17.4 Å².